The van der Waals surface area contributed by atoms with Crippen LogP contribution in [0.3, 0.4) is 0 Å². The zero-order valence-corrected chi connectivity index (χ0v) is 11.7. The molecular weight excluding hydrogens is 208 g/mol. The Kier molecular flexibility index (Phi) is 4.87. The van der Waals surface area contributed by atoms with Gasteiger partial charge in [0.1, 0.15) is 0 Å². The normalized spacial score (nSPS) is 34.1. The molecule has 2 fully saturated rings. The molecule has 2 rings (SSSR count). The van der Waals surface area contributed by atoms with Crippen molar-refractivity contribution < 1.29 is 0 Å². The number of hydrogen-bond donors (Lipinski definition) is 1. The predicted octanol–water partition coefficient (Wildman–Crippen LogP) is 3.01. The number of nitrogens with two attached hydrogens (primary N) is 1. The maximum Gasteiger partial charge on any atom is 0.0249 e. The van der Waals surface area contributed by atoms with Gasteiger partial charge in [-0.3, -0.25) is 4.90 Å². The molecule has 17 heavy (non-hydrogen) atoms. The van der Waals surface area contributed by atoms with Gasteiger partial charge in [-0.05, 0) is 44.4 Å². The van der Waals surface area contributed by atoms with Crippen LogP contribution in [-0.4, -0.2) is 30.1 Å². The van der Waals surface area contributed by atoms with Crippen LogP contribution in [0.5, 0.6) is 0 Å². The van der Waals surface area contributed by atoms with E-state index in [1.807, 2.05) is 0 Å². The van der Waals surface area contributed by atoms with Crippen LogP contribution in [-0.2, 0) is 0 Å². The summed E-state index contributed by atoms with van der Waals surface area (Å²) >= 11 is 0. The fourth-order valence-corrected chi connectivity index (χ4v) is 3.95. The summed E-state index contributed by atoms with van der Waals surface area (Å²) in [5, 5.41) is 0. The highest BCUT2D eigenvalue weighted by atomic mass is 15.2. The van der Waals surface area contributed by atoms with Crippen LogP contribution in [0.15, 0.2) is 0 Å². The van der Waals surface area contributed by atoms with E-state index in [4.69, 9.17) is 5.73 Å². The van der Waals surface area contributed by atoms with E-state index in [-0.39, 0.29) is 0 Å². The second kappa shape index (κ2) is 6.19. The van der Waals surface area contributed by atoms with Gasteiger partial charge in [-0.15, -0.1) is 0 Å². The zero-order valence-electron chi connectivity index (χ0n) is 11.7. The molecule has 0 amide bonds. The first kappa shape index (κ1) is 13.4. The van der Waals surface area contributed by atoms with Crippen molar-refractivity contribution in [3.8, 4) is 0 Å². The summed E-state index contributed by atoms with van der Waals surface area (Å²) < 4.78 is 0. The first-order chi connectivity index (χ1) is 8.26. The molecular formula is C15H30N2. The van der Waals surface area contributed by atoms with Gasteiger partial charge in [-0.25, -0.2) is 0 Å². The summed E-state index contributed by atoms with van der Waals surface area (Å²) in [5.41, 5.74) is 6.09. The molecule has 3 atom stereocenters. The Labute approximate surface area is 107 Å². The quantitative estimate of drug-likeness (QED) is 0.816. The van der Waals surface area contributed by atoms with Crippen molar-refractivity contribution in [3.05, 3.63) is 0 Å². The topological polar surface area (TPSA) is 29.3 Å². The van der Waals surface area contributed by atoms with Crippen molar-refractivity contribution in [2.75, 3.05) is 13.1 Å². The number of rotatable bonds is 4. The van der Waals surface area contributed by atoms with Gasteiger partial charge in [-0.2, -0.15) is 0 Å². The third-order valence-electron chi connectivity index (χ3n) is 5.22. The van der Waals surface area contributed by atoms with Crippen LogP contribution in [0.1, 0.15) is 58.8 Å². The molecule has 1 heterocycles. The van der Waals surface area contributed by atoms with E-state index < -0.39 is 0 Å². The van der Waals surface area contributed by atoms with Gasteiger partial charge in [-0.1, -0.05) is 26.2 Å². The fourth-order valence-electron chi connectivity index (χ4n) is 3.95. The molecule has 2 N–H and O–H groups in total. The van der Waals surface area contributed by atoms with Crippen molar-refractivity contribution >= 4 is 0 Å². The lowest BCUT2D eigenvalue weighted by molar-refractivity contribution is 0.0464. The summed E-state index contributed by atoms with van der Waals surface area (Å²) in [6, 6.07) is 1.42. The van der Waals surface area contributed by atoms with Gasteiger partial charge in [0.25, 0.3) is 0 Å². The lowest BCUT2D eigenvalue weighted by atomic mass is 9.87. The third-order valence-corrected chi connectivity index (χ3v) is 5.22. The van der Waals surface area contributed by atoms with Gasteiger partial charge in [0, 0.05) is 25.2 Å². The summed E-state index contributed by atoms with van der Waals surface area (Å²) in [6.07, 6.45) is 9.84. The largest absolute Gasteiger partial charge is 0.329 e. The summed E-state index contributed by atoms with van der Waals surface area (Å²) in [5.74, 6) is 1.81. The van der Waals surface area contributed by atoms with E-state index in [1.54, 1.807) is 0 Å². The second-order valence-corrected chi connectivity index (χ2v) is 6.25. The minimum atomic E-state index is 0.668. The minimum absolute atomic E-state index is 0.668. The van der Waals surface area contributed by atoms with Gasteiger partial charge in [0.15, 0.2) is 0 Å². The molecule has 1 saturated heterocycles. The van der Waals surface area contributed by atoms with E-state index in [0.717, 1.165) is 24.4 Å². The third kappa shape index (κ3) is 3.03. The number of hydrogen-bond acceptors (Lipinski definition) is 2. The highest BCUT2D eigenvalue weighted by Gasteiger charge is 2.34. The van der Waals surface area contributed by atoms with Crippen LogP contribution in [0.25, 0.3) is 0 Å². The number of likely N-dealkylation sites (tertiary alicyclic amines) is 1. The molecule has 0 aromatic carbocycles. The predicted molar refractivity (Wildman–Crippen MR) is 74.0 cm³/mol. The van der Waals surface area contributed by atoms with Crippen LogP contribution in [0, 0.1) is 11.8 Å². The van der Waals surface area contributed by atoms with Crippen LogP contribution < -0.4 is 5.73 Å². The van der Waals surface area contributed by atoms with Gasteiger partial charge in [0.05, 0.1) is 0 Å². The van der Waals surface area contributed by atoms with Crippen molar-refractivity contribution in [1.82, 2.24) is 4.90 Å². The number of nitrogens with zero attached hydrogens (tertiary/aromatic N) is 1. The molecule has 0 aromatic rings. The number of piperidine rings is 1. The highest BCUT2D eigenvalue weighted by Crippen LogP contribution is 2.34. The summed E-state index contributed by atoms with van der Waals surface area (Å²) in [4.78, 5) is 2.76. The zero-order chi connectivity index (χ0) is 12.3. The Hall–Kier alpha value is -0.0800. The Bertz CT molecular complexity index is 223. The molecule has 100 valence electrons. The van der Waals surface area contributed by atoms with E-state index >= 15 is 0 Å². The Morgan fingerprint density at radius 3 is 2.47 bits per heavy atom. The average molecular weight is 238 g/mol. The molecule has 0 radical (unpaired) electrons. The molecule has 2 heteroatoms. The molecule has 1 aliphatic carbocycles. The summed E-state index contributed by atoms with van der Waals surface area (Å²) in [6.45, 7) is 6.91. The van der Waals surface area contributed by atoms with Crippen molar-refractivity contribution in [3.63, 3.8) is 0 Å². The first-order valence-electron chi connectivity index (χ1n) is 7.72. The van der Waals surface area contributed by atoms with Crippen molar-refractivity contribution in [1.29, 1.82) is 0 Å². The SMILES string of the molecule is CCC1CCC(C)N(C(CN)C2CCCC2)C1. The fraction of sp³-hybridized carbons (Fsp3) is 1.00. The maximum atomic E-state index is 6.09. The standard InChI is InChI=1S/C15H30N2/c1-3-13-9-8-12(2)17(11-13)15(10-16)14-6-4-5-7-14/h12-15H,3-11,16H2,1-2H3. The molecule has 0 bridgehead atoms. The maximum absolute atomic E-state index is 6.09. The van der Waals surface area contributed by atoms with Crippen molar-refractivity contribution in [2.24, 2.45) is 17.6 Å². The molecule has 0 aromatic heterocycles. The summed E-state index contributed by atoms with van der Waals surface area (Å²) in [7, 11) is 0. The smallest absolute Gasteiger partial charge is 0.0249 e. The average Bonchev–Trinajstić information content (AvgIpc) is 2.86. The van der Waals surface area contributed by atoms with E-state index in [1.165, 1.54) is 51.5 Å². The van der Waals surface area contributed by atoms with Gasteiger partial charge < -0.3 is 5.73 Å². The highest BCUT2D eigenvalue weighted by molar-refractivity contribution is 4.89. The van der Waals surface area contributed by atoms with E-state index in [2.05, 4.69) is 18.7 Å². The molecule has 1 aliphatic heterocycles. The lowest BCUT2D eigenvalue weighted by Crippen LogP contribution is -2.53. The Morgan fingerprint density at radius 2 is 1.88 bits per heavy atom. The Balaban J connectivity index is 2.00. The minimum Gasteiger partial charge on any atom is -0.329 e. The van der Waals surface area contributed by atoms with Crippen molar-refractivity contribution in [2.45, 2.75) is 70.9 Å². The van der Waals surface area contributed by atoms with E-state index in [9.17, 15) is 0 Å². The Morgan fingerprint density at radius 1 is 1.18 bits per heavy atom. The molecule has 1 saturated carbocycles. The molecule has 0 spiro atoms. The van der Waals surface area contributed by atoms with Crippen LogP contribution in [0.2, 0.25) is 0 Å². The monoisotopic (exact) mass is 238 g/mol. The second-order valence-electron chi connectivity index (χ2n) is 6.25. The molecule has 2 nitrogen and oxygen atoms in total. The lowest BCUT2D eigenvalue weighted by Gasteiger charge is -2.44. The first-order valence-corrected chi connectivity index (χ1v) is 7.72. The van der Waals surface area contributed by atoms with E-state index in [0.29, 0.717) is 6.04 Å². The van der Waals surface area contributed by atoms with Crippen LogP contribution in [0.4, 0.5) is 0 Å². The molecule has 3 unspecified atom stereocenters. The van der Waals surface area contributed by atoms with Crippen LogP contribution >= 0.6 is 0 Å². The van der Waals surface area contributed by atoms with Gasteiger partial charge >= 0.3 is 0 Å². The molecule has 2 aliphatic rings. The van der Waals surface area contributed by atoms with Gasteiger partial charge in [0.2, 0.25) is 0 Å².